The first-order valence-electron chi connectivity index (χ1n) is 5.12. The maximum Gasteiger partial charge on any atom is 0.149 e. The zero-order valence-electron chi connectivity index (χ0n) is 9.24. The maximum atomic E-state index is 13.4. The second-order valence-electron chi connectivity index (χ2n) is 3.66. The van der Waals surface area contributed by atoms with E-state index < -0.39 is 11.6 Å². The Balaban J connectivity index is 2.32. The standard InChI is InChI=1S/C13H9F2N3/c14-9-2-4-12(10(15)6-9)18-13-3-1-8(7-16)5-11(13)17/h1-6,18H,17H2. The number of nitrogens with zero attached hydrogens (tertiary/aromatic N) is 1. The summed E-state index contributed by atoms with van der Waals surface area (Å²) in [6, 6.07) is 9.75. The Bertz CT molecular complexity index is 633. The van der Waals surface area contributed by atoms with E-state index in [1.54, 1.807) is 12.1 Å². The number of rotatable bonds is 2. The number of nitrogens with two attached hydrogens (primary N) is 1. The van der Waals surface area contributed by atoms with E-state index in [9.17, 15) is 8.78 Å². The quantitative estimate of drug-likeness (QED) is 0.799. The molecule has 0 heterocycles. The summed E-state index contributed by atoms with van der Waals surface area (Å²) in [6.07, 6.45) is 0. The van der Waals surface area contributed by atoms with Crippen LogP contribution in [0.2, 0.25) is 0 Å². The molecule has 0 aliphatic heterocycles. The lowest BCUT2D eigenvalue weighted by atomic mass is 10.2. The van der Waals surface area contributed by atoms with E-state index in [2.05, 4.69) is 5.32 Å². The van der Waals surface area contributed by atoms with Crippen LogP contribution in [0.1, 0.15) is 5.56 Å². The maximum absolute atomic E-state index is 13.4. The van der Waals surface area contributed by atoms with Crippen molar-refractivity contribution in [2.45, 2.75) is 0 Å². The molecule has 0 fully saturated rings. The summed E-state index contributed by atoms with van der Waals surface area (Å²) in [4.78, 5) is 0. The lowest BCUT2D eigenvalue weighted by Gasteiger charge is -2.10. The van der Waals surface area contributed by atoms with Crippen LogP contribution >= 0.6 is 0 Å². The Morgan fingerprint density at radius 3 is 2.39 bits per heavy atom. The molecule has 2 rings (SSSR count). The molecule has 0 radical (unpaired) electrons. The van der Waals surface area contributed by atoms with Gasteiger partial charge in [-0.3, -0.25) is 0 Å². The minimum atomic E-state index is -0.709. The van der Waals surface area contributed by atoms with Crippen molar-refractivity contribution in [3.8, 4) is 6.07 Å². The van der Waals surface area contributed by atoms with Gasteiger partial charge in [-0.25, -0.2) is 8.78 Å². The van der Waals surface area contributed by atoms with Crippen molar-refractivity contribution >= 4 is 17.1 Å². The van der Waals surface area contributed by atoms with Crippen LogP contribution in [-0.2, 0) is 0 Å². The molecular formula is C13H9F2N3. The largest absolute Gasteiger partial charge is 0.397 e. The fourth-order valence-electron chi connectivity index (χ4n) is 1.48. The molecule has 5 heteroatoms. The van der Waals surface area contributed by atoms with Crippen molar-refractivity contribution in [3.63, 3.8) is 0 Å². The summed E-state index contributed by atoms with van der Waals surface area (Å²) in [5.41, 5.74) is 7.02. The van der Waals surface area contributed by atoms with Gasteiger partial charge in [-0.1, -0.05) is 0 Å². The van der Waals surface area contributed by atoms with Crippen LogP contribution in [0.3, 0.4) is 0 Å². The van der Waals surface area contributed by atoms with Crippen molar-refractivity contribution in [2.75, 3.05) is 11.1 Å². The van der Waals surface area contributed by atoms with Crippen LogP contribution in [0.4, 0.5) is 25.8 Å². The Morgan fingerprint density at radius 2 is 1.78 bits per heavy atom. The second-order valence-corrected chi connectivity index (χ2v) is 3.66. The highest BCUT2D eigenvalue weighted by Crippen LogP contribution is 2.25. The third-order valence-electron chi connectivity index (χ3n) is 2.38. The Kier molecular flexibility index (Phi) is 3.11. The van der Waals surface area contributed by atoms with E-state index in [0.29, 0.717) is 16.9 Å². The summed E-state index contributed by atoms with van der Waals surface area (Å²) in [5.74, 6) is -1.36. The van der Waals surface area contributed by atoms with Gasteiger partial charge >= 0.3 is 0 Å². The molecule has 0 atom stereocenters. The number of anilines is 3. The van der Waals surface area contributed by atoms with Gasteiger partial charge in [0, 0.05) is 6.07 Å². The van der Waals surface area contributed by atoms with E-state index >= 15 is 0 Å². The fourth-order valence-corrected chi connectivity index (χ4v) is 1.48. The zero-order valence-corrected chi connectivity index (χ0v) is 9.24. The average molecular weight is 245 g/mol. The van der Waals surface area contributed by atoms with Gasteiger partial charge in [0.2, 0.25) is 0 Å². The summed E-state index contributed by atoms with van der Waals surface area (Å²) in [6.45, 7) is 0. The molecule has 0 saturated carbocycles. The average Bonchev–Trinajstić information content (AvgIpc) is 2.34. The van der Waals surface area contributed by atoms with Gasteiger partial charge in [0.1, 0.15) is 11.6 Å². The molecule has 2 aromatic carbocycles. The van der Waals surface area contributed by atoms with Crippen molar-refractivity contribution < 1.29 is 8.78 Å². The topological polar surface area (TPSA) is 61.8 Å². The number of nitriles is 1. The number of nitrogen functional groups attached to an aromatic ring is 1. The first-order valence-corrected chi connectivity index (χ1v) is 5.12. The monoisotopic (exact) mass is 245 g/mol. The van der Waals surface area contributed by atoms with Crippen molar-refractivity contribution in [1.29, 1.82) is 5.26 Å². The molecule has 3 N–H and O–H groups in total. The number of hydrogen-bond acceptors (Lipinski definition) is 3. The summed E-state index contributed by atoms with van der Waals surface area (Å²) >= 11 is 0. The van der Waals surface area contributed by atoms with Crippen LogP contribution in [0, 0.1) is 23.0 Å². The third kappa shape index (κ3) is 2.38. The molecule has 0 amide bonds. The number of hydrogen-bond donors (Lipinski definition) is 2. The first kappa shape index (κ1) is 11.9. The van der Waals surface area contributed by atoms with Gasteiger partial charge in [-0.2, -0.15) is 5.26 Å². The molecule has 3 nitrogen and oxygen atoms in total. The van der Waals surface area contributed by atoms with Crippen molar-refractivity contribution in [1.82, 2.24) is 0 Å². The van der Waals surface area contributed by atoms with Crippen molar-refractivity contribution in [2.24, 2.45) is 0 Å². The molecule has 0 spiro atoms. The molecule has 18 heavy (non-hydrogen) atoms. The normalized spacial score (nSPS) is 9.83. The fraction of sp³-hybridized carbons (Fsp3) is 0. The Labute approximate surface area is 102 Å². The van der Waals surface area contributed by atoms with Crippen LogP contribution < -0.4 is 11.1 Å². The predicted octanol–water partition coefficient (Wildman–Crippen LogP) is 3.16. The molecule has 0 aromatic heterocycles. The zero-order chi connectivity index (χ0) is 13.1. The van der Waals surface area contributed by atoms with E-state index in [4.69, 9.17) is 11.0 Å². The van der Waals surface area contributed by atoms with Crippen LogP contribution in [-0.4, -0.2) is 0 Å². The van der Waals surface area contributed by atoms with Crippen LogP contribution in [0.25, 0.3) is 0 Å². The molecule has 0 unspecified atom stereocenters. The molecule has 0 saturated heterocycles. The third-order valence-corrected chi connectivity index (χ3v) is 2.38. The molecule has 0 aliphatic carbocycles. The lowest BCUT2D eigenvalue weighted by Crippen LogP contribution is -1.99. The molecule has 0 bridgehead atoms. The van der Waals surface area contributed by atoms with Gasteiger partial charge in [0.25, 0.3) is 0 Å². The Hall–Kier alpha value is -2.61. The summed E-state index contributed by atoms with van der Waals surface area (Å²) in [5, 5.41) is 11.4. The Morgan fingerprint density at radius 1 is 1.06 bits per heavy atom. The van der Waals surface area contributed by atoms with Gasteiger partial charge in [-0.05, 0) is 30.3 Å². The van der Waals surface area contributed by atoms with Gasteiger partial charge < -0.3 is 11.1 Å². The number of benzene rings is 2. The minimum Gasteiger partial charge on any atom is -0.397 e. The van der Waals surface area contributed by atoms with Crippen LogP contribution in [0.5, 0.6) is 0 Å². The van der Waals surface area contributed by atoms with Crippen LogP contribution in [0.15, 0.2) is 36.4 Å². The highest BCUT2D eigenvalue weighted by Gasteiger charge is 2.06. The van der Waals surface area contributed by atoms with E-state index in [1.807, 2.05) is 6.07 Å². The molecule has 2 aromatic rings. The van der Waals surface area contributed by atoms with E-state index in [0.717, 1.165) is 12.1 Å². The molecule has 90 valence electrons. The van der Waals surface area contributed by atoms with Gasteiger partial charge in [0.15, 0.2) is 0 Å². The SMILES string of the molecule is N#Cc1ccc(Nc2ccc(F)cc2F)c(N)c1. The number of halogens is 2. The van der Waals surface area contributed by atoms with Crippen molar-refractivity contribution in [3.05, 3.63) is 53.6 Å². The molecule has 0 aliphatic rings. The summed E-state index contributed by atoms with van der Waals surface area (Å²) in [7, 11) is 0. The summed E-state index contributed by atoms with van der Waals surface area (Å²) < 4.78 is 26.2. The highest BCUT2D eigenvalue weighted by atomic mass is 19.1. The predicted molar refractivity (Wildman–Crippen MR) is 65.2 cm³/mol. The smallest absolute Gasteiger partial charge is 0.149 e. The van der Waals surface area contributed by atoms with Gasteiger partial charge in [-0.15, -0.1) is 0 Å². The second kappa shape index (κ2) is 4.72. The minimum absolute atomic E-state index is 0.118. The van der Waals surface area contributed by atoms with E-state index in [1.165, 1.54) is 12.1 Å². The first-order chi connectivity index (χ1) is 8.60. The van der Waals surface area contributed by atoms with E-state index in [-0.39, 0.29) is 5.69 Å². The molecular weight excluding hydrogens is 236 g/mol. The highest BCUT2D eigenvalue weighted by molar-refractivity contribution is 5.74. The van der Waals surface area contributed by atoms with Gasteiger partial charge in [0.05, 0.1) is 28.7 Å². The lowest BCUT2D eigenvalue weighted by molar-refractivity contribution is 0.586. The number of nitrogens with one attached hydrogen (secondary N) is 1.